The Kier molecular flexibility index (Phi) is 5.94. The minimum absolute atomic E-state index is 0.0425. The zero-order chi connectivity index (χ0) is 22.0. The second kappa shape index (κ2) is 8.81. The summed E-state index contributed by atoms with van der Waals surface area (Å²) in [5.74, 6) is -0.321. The summed E-state index contributed by atoms with van der Waals surface area (Å²) in [4.78, 5) is 32.7. The van der Waals surface area contributed by atoms with Gasteiger partial charge in [-0.05, 0) is 30.7 Å². The van der Waals surface area contributed by atoms with Gasteiger partial charge in [-0.15, -0.1) is 11.3 Å². The van der Waals surface area contributed by atoms with Crippen LogP contribution in [0.2, 0.25) is 0 Å². The first-order valence-electron chi connectivity index (χ1n) is 9.90. The summed E-state index contributed by atoms with van der Waals surface area (Å²) in [6, 6.07) is 12.8. The standard InChI is InChI=1S/C22H21FN4O3S/c1-15-21(31-20(24-15)13-16-5-7-17(23)8-6-16)22(28)26-11-9-25(10-12-26)18-3-2-4-19(14-18)27(29)30/h2-8,14H,9-13H2,1H3. The lowest BCUT2D eigenvalue weighted by atomic mass is 10.1. The number of nitro benzene ring substituents is 1. The van der Waals surface area contributed by atoms with Gasteiger partial charge in [0.2, 0.25) is 0 Å². The van der Waals surface area contributed by atoms with E-state index in [0.717, 1.165) is 16.3 Å². The third-order valence-corrected chi connectivity index (χ3v) is 6.42. The highest BCUT2D eigenvalue weighted by atomic mass is 32.1. The number of anilines is 1. The number of aryl methyl sites for hydroxylation is 1. The lowest BCUT2D eigenvalue weighted by Gasteiger charge is -2.35. The molecule has 9 heteroatoms. The first-order chi connectivity index (χ1) is 14.9. The smallest absolute Gasteiger partial charge is 0.271 e. The minimum Gasteiger partial charge on any atom is -0.368 e. The largest absolute Gasteiger partial charge is 0.368 e. The third-order valence-electron chi connectivity index (χ3n) is 5.28. The summed E-state index contributed by atoms with van der Waals surface area (Å²) in [5, 5.41) is 11.8. The number of piperazine rings is 1. The van der Waals surface area contributed by atoms with Crippen LogP contribution in [-0.4, -0.2) is 46.9 Å². The maximum atomic E-state index is 13.1. The van der Waals surface area contributed by atoms with Crippen LogP contribution in [0, 0.1) is 22.9 Å². The molecule has 4 rings (SSSR count). The maximum Gasteiger partial charge on any atom is 0.271 e. The van der Waals surface area contributed by atoms with Crippen LogP contribution in [0.25, 0.3) is 0 Å². The molecule has 1 aliphatic rings. The van der Waals surface area contributed by atoms with Gasteiger partial charge in [0.1, 0.15) is 10.7 Å². The second-order valence-electron chi connectivity index (χ2n) is 7.38. The van der Waals surface area contributed by atoms with E-state index in [4.69, 9.17) is 0 Å². The molecule has 0 bridgehead atoms. The maximum absolute atomic E-state index is 13.1. The molecule has 0 spiro atoms. The molecule has 0 unspecified atom stereocenters. The monoisotopic (exact) mass is 440 g/mol. The highest BCUT2D eigenvalue weighted by Crippen LogP contribution is 2.25. The molecular weight excluding hydrogens is 419 g/mol. The fourth-order valence-electron chi connectivity index (χ4n) is 3.62. The summed E-state index contributed by atoms with van der Waals surface area (Å²) in [5.41, 5.74) is 2.50. The molecule has 2 heterocycles. The van der Waals surface area contributed by atoms with Gasteiger partial charge in [0.05, 0.1) is 15.6 Å². The fraction of sp³-hybridized carbons (Fsp3) is 0.273. The van der Waals surface area contributed by atoms with Gasteiger partial charge in [-0.1, -0.05) is 18.2 Å². The molecule has 0 radical (unpaired) electrons. The number of hydrogen-bond donors (Lipinski definition) is 0. The molecule has 0 atom stereocenters. The van der Waals surface area contributed by atoms with Crippen LogP contribution in [0.5, 0.6) is 0 Å². The summed E-state index contributed by atoms with van der Waals surface area (Å²) in [7, 11) is 0. The number of amides is 1. The van der Waals surface area contributed by atoms with E-state index in [1.807, 2.05) is 13.0 Å². The van der Waals surface area contributed by atoms with Crippen molar-refractivity contribution in [2.24, 2.45) is 0 Å². The number of carbonyl (C=O) groups excluding carboxylic acids is 1. The molecule has 1 saturated heterocycles. The molecule has 0 N–H and O–H groups in total. The Morgan fingerprint density at radius 1 is 1.16 bits per heavy atom. The summed E-state index contributed by atoms with van der Waals surface area (Å²) in [6.45, 7) is 4.11. The Balaban J connectivity index is 1.40. The van der Waals surface area contributed by atoms with E-state index < -0.39 is 4.92 Å². The van der Waals surface area contributed by atoms with Gasteiger partial charge in [0.15, 0.2) is 0 Å². The lowest BCUT2D eigenvalue weighted by molar-refractivity contribution is -0.384. The number of nitrogens with zero attached hydrogens (tertiary/aromatic N) is 4. The summed E-state index contributed by atoms with van der Waals surface area (Å²) < 4.78 is 13.1. The van der Waals surface area contributed by atoms with Gasteiger partial charge in [0, 0.05) is 50.4 Å². The topological polar surface area (TPSA) is 79.6 Å². The quantitative estimate of drug-likeness (QED) is 0.442. The van der Waals surface area contributed by atoms with Crippen molar-refractivity contribution in [3.05, 3.63) is 85.6 Å². The Labute approximate surface area is 182 Å². The molecule has 31 heavy (non-hydrogen) atoms. The van der Waals surface area contributed by atoms with Gasteiger partial charge in [-0.2, -0.15) is 0 Å². The average molecular weight is 441 g/mol. The van der Waals surface area contributed by atoms with Crippen molar-refractivity contribution in [3.8, 4) is 0 Å². The number of rotatable bonds is 5. The van der Waals surface area contributed by atoms with E-state index in [1.54, 1.807) is 29.2 Å². The van der Waals surface area contributed by atoms with E-state index in [0.29, 0.717) is 43.2 Å². The fourth-order valence-corrected chi connectivity index (χ4v) is 4.68. The third kappa shape index (κ3) is 4.72. The van der Waals surface area contributed by atoms with Crippen LogP contribution in [0.3, 0.4) is 0 Å². The van der Waals surface area contributed by atoms with E-state index in [9.17, 15) is 19.3 Å². The highest BCUT2D eigenvalue weighted by molar-refractivity contribution is 7.13. The number of nitro groups is 1. The van der Waals surface area contributed by atoms with E-state index in [2.05, 4.69) is 9.88 Å². The van der Waals surface area contributed by atoms with E-state index in [1.165, 1.54) is 29.5 Å². The molecule has 1 amide bonds. The Morgan fingerprint density at radius 2 is 1.87 bits per heavy atom. The van der Waals surface area contributed by atoms with Crippen LogP contribution >= 0.6 is 11.3 Å². The first-order valence-corrected chi connectivity index (χ1v) is 10.7. The predicted octanol–water partition coefficient (Wildman–Crippen LogP) is 4.05. The highest BCUT2D eigenvalue weighted by Gasteiger charge is 2.26. The average Bonchev–Trinajstić information content (AvgIpc) is 3.15. The SMILES string of the molecule is Cc1nc(Cc2ccc(F)cc2)sc1C(=O)N1CCN(c2cccc([N+](=O)[O-])c2)CC1. The number of aromatic nitrogens is 1. The van der Waals surface area contributed by atoms with Crippen molar-refractivity contribution in [2.45, 2.75) is 13.3 Å². The zero-order valence-electron chi connectivity index (χ0n) is 17.0. The van der Waals surface area contributed by atoms with Crippen LogP contribution < -0.4 is 4.90 Å². The van der Waals surface area contributed by atoms with Crippen molar-refractivity contribution >= 4 is 28.6 Å². The van der Waals surface area contributed by atoms with Crippen LogP contribution in [0.1, 0.15) is 25.9 Å². The van der Waals surface area contributed by atoms with Gasteiger partial charge in [-0.25, -0.2) is 9.37 Å². The van der Waals surface area contributed by atoms with Crippen LogP contribution in [0.4, 0.5) is 15.8 Å². The minimum atomic E-state index is -0.403. The number of non-ortho nitro benzene ring substituents is 1. The van der Waals surface area contributed by atoms with E-state index in [-0.39, 0.29) is 17.4 Å². The molecule has 7 nitrogen and oxygen atoms in total. The summed E-state index contributed by atoms with van der Waals surface area (Å²) in [6.07, 6.45) is 0.555. The van der Waals surface area contributed by atoms with Crippen molar-refractivity contribution in [3.63, 3.8) is 0 Å². The van der Waals surface area contributed by atoms with Crippen molar-refractivity contribution in [2.75, 3.05) is 31.1 Å². The molecule has 0 aliphatic carbocycles. The molecule has 3 aromatic rings. The first kappa shape index (κ1) is 20.9. The zero-order valence-corrected chi connectivity index (χ0v) is 17.8. The molecule has 1 aromatic heterocycles. The number of halogens is 1. The number of carbonyl (C=O) groups is 1. The molecule has 0 saturated carbocycles. The number of thiazole rings is 1. The van der Waals surface area contributed by atoms with Crippen LogP contribution in [-0.2, 0) is 6.42 Å². The van der Waals surface area contributed by atoms with Gasteiger partial charge < -0.3 is 9.80 Å². The Hall–Kier alpha value is -3.33. The van der Waals surface area contributed by atoms with Gasteiger partial charge in [0.25, 0.3) is 11.6 Å². The normalized spacial score (nSPS) is 14.0. The van der Waals surface area contributed by atoms with E-state index >= 15 is 0 Å². The molecule has 1 aliphatic heterocycles. The van der Waals surface area contributed by atoms with Crippen molar-refractivity contribution in [1.29, 1.82) is 0 Å². The van der Waals surface area contributed by atoms with Crippen LogP contribution in [0.15, 0.2) is 48.5 Å². The second-order valence-corrected chi connectivity index (χ2v) is 8.47. The van der Waals surface area contributed by atoms with Gasteiger partial charge in [-0.3, -0.25) is 14.9 Å². The molecule has 160 valence electrons. The van der Waals surface area contributed by atoms with Gasteiger partial charge >= 0.3 is 0 Å². The molecule has 2 aromatic carbocycles. The van der Waals surface area contributed by atoms with Crippen molar-refractivity contribution < 1.29 is 14.1 Å². The Morgan fingerprint density at radius 3 is 2.55 bits per heavy atom. The number of benzene rings is 2. The molecular formula is C22H21FN4O3S. The number of hydrogen-bond acceptors (Lipinski definition) is 6. The van der Waals surface area contributed by atoms with Crippen molar-refractivity contribution in [1.82, 2.24) is 9.88 Å². The summed E-state index contributed by atoms with van der Waals surface area (Å²) >= 11 is 1.38. The lowest BCUT2D eigenvalue weighted by Crippen LogP contribution is -2.48. The predicted molar refractivity (Wildman–Crippen MR) is 117 cm³/mol. The Bertz CT molecular complexity index is 1110. The molecule has 1 fully saturated rings.